The molecule has 0 saturated heterocycles. The second kappa shape index (κ2) is 10.6. The zero-order valence-electron chi connectivity index (χ0n) is 13.7. The first-order chi connectivity index (χ1) is 12.0. The maximum absolute atomic E-state index is 9.55. The average molecular weight is 343 g/mol. The molecule has 0 fully saturated rings. The van der Waals surface area contributed by atoms with Crippen LogP contribution in [0.1, 0.15) is 18.0 Å². The highest BCUT2D eigenvalue weighted by atomic mass is 16.4. The summed E-state index contributed by atoms with van der Waals surface area (Å²) < 4.78 is 0. The highest BCUT2D eigenvalue weighted by molar-refractivity contribution is 5.89. The Morgan fingerprint density at radius 3 is 2.44 bits per heavy atom. The fourth-order valence-electron chi connectivity index (χ4n) is 2.05. The Balaban J connectivity index is 0.000000333. The number of carboxylic acids is 2. The number of anilines is 1. The first kappa shape index (κ1) is 19.9. The van der Waals surface area contributed by atoms with E-state index in [0.717, 1.165) is 17.7 Å². The zero-order chi connectivity index (χ0) is 18.7. The monoisotopic (exact) mass is 343 g/mol. The standard InChI is InChI=1S/C14H17N3.C4H4O4/c1-2-6-13(15)12-7-3-4-8-14(12)17-10-5-9-16-11-17;5-3(6)1-2-4(7)8/h2-5,7-10,13H,1,6,11,15H2;1-2H,(H,5,6)(H,7,8)/b;2-1+. The molecule has 7 heteroatoms. The molecule has 1 aromatic carbocycles. The van der Waals surface area contributed by atoms with Crippen molar-refractivity contribution in [3.8, 4) is 0 Å². The van der Waals surface area contributed by atoms with Crippen LogP contribution in [0.15, 0.2) is 66.3 Å². The number of rotatable bonds is 6. The summed E-state index contributed by atoms with van der Waals surface area (Å²) in [6.45, 7) is 4.38. The molecule has 25 heavy (non-hydrogen) atoms. The molecule has 1 aliphatic rings. The third-order valence-electron chi connectivity index (χ3n) is 3.13. The molecule has 1 aromatic rings. The van der Waals surface area contributed by atoms with E-state index in [9.17, 15) is 9.59 Å². The van der Waals surface area contributed by atoms with Crippen LogP contribution in [0.5, 0.6) is 0 Å². The van der Waals surface area contributed by atoms with Crippen LogP contribution in [0, 0.1) is 0 Å². The van der Waals surface area contributed by atoms with E-state index in [4.69, 9.17) is 15.9 Å². The fourth-order valence-corrected chi connectivity index (χ4v) is 2.05. The lowest BCUT2D eigenvalue weighted by Gasteiger charge is -2.25. The number of aliphatic carboxylic acids is 2. The number of nitrogens with two attached hydrogens (primary N) is 1. The summed E-state index contributed by atoms with van der Waals surface area (Å²) in [6, 6.07) is 8.16. The molecular formula is C18H21N3O4. The smallest absolute Gasteiger partial charge is 0.328 e. The predicted molar refractivity (Wildman–Crippen MR) is 97.6 cm³/mol. The molecule has 1 atom stereocenters. The van der Waals surface area contributed by atoms with Crippen LogP contribution in [-0.2, 0) is 9.59 Å². The lowest BCUT2D eigenvalue weighted by atomic mass is 10.0. The lowest BCUT2D eigenvalue weighted by molar-refractivity contribution is -0.134. The van der Waals surface area contributed by atoms with Crippen molar-refractivity contribution in [1.29, 1.82) is 0 Å². The van der Waals surface area contributed by atoms with Gasteiger partial charge in [0.2, 0.25) is 0 Å². The molecule has 4 N–H and O–H groups in total. The molecule has 0 aliphatic carbocycles. The van der Waals surface area contributed by atoms with Crippen LogP contribution in [0.2, 0.25) is 0 Å². The van der Waals surface area contributed by atoms with E-state index < -0.39 is 11.9 Å². The molecule has 0 amide bonds. The van der Waals surface area contributed by atoms with Crippen LogP contribution in [0.3, 0.4) is 0 Å². The third kappa shape index (κ3) is 7.28. The van der Waals surface area contributed by atoms with E-state index in [1.807, 2.05) is 36.7 Å². The number of allylic oxidation sites excluding steroid dienone is 1. The van der Waals surface area contributed by atoms with Gasteiger partial charge in [-0.2, -0.15) is 0 Å². The highest BCUT2D eigenvalue weighted by Gasteiger charge is 2.13. The van der Waals surface area contributed by atoms with Crippen molar-refractivity contribution in [2.75, 3.05) is 11.6 Å². The molecule has 1 aliphatic heterocycles. The van der Waals surface area contributed by atoms with E-state index in [1.165, 1.54) is 0 Å². The van der Waals surface area contributed by atoms with Crippen LogP contribution < -0.4 is 10.6 Å². The van der Waals surface area contributed by atoms with Crippen LogP contribution >= 0.6 is 0 Å². The Morgan fingerprint density at radius 1 is 1.28 bits per heavy atom. The Morgan fingerprint density at radius 2 is 1.92 bits per heavy atom. The second-order valence-corrected chi connectivity index (χ2v) is 4.98. The van der Waals surface area contributed by atoms with Gasteiger partial charge in [-0.25, -0.2) is 9.59 Å². The van der Waals surface area contributed by atoms with Crippen molar-refractivity contribution in [3.63, 3.8) is 0 Å². The molecule has 7 nitrogen and oxygen atoms in total. The molecule has 1 heterocycles. The summed E-state index contributed by atoms with van der Waals surface area (Å²) in [5.74, 6) is -2.51. The van der Waals surface area contributed by atoms with Gasteiger partial charge < -0.3 is 20.8 Å². The first-order valence-corrected chi connectivity index (χ1v) is 7.48. The van der Waals surface area contributed by atoms with Gasteiger partial charge in [0.1, 0.15) is 6.67 Å². The van der Waals surface area contributed by atoms with Gasteiger partial charge in [-0.1, -0.05) is 24.3 Å². The van der Waals surface area contributed by atoms with E-state index >= 15 is 0 Å². The Bertz CT molecular complexity index is 679. The van der Waals surface area contributed by atoms with Gasteiger partial charge in [-0.15, -0.1) is 6.58 Å². The van der Waals surface area contributed by atoms with Gasteiger partial charge in [0, 0.05) is 36.3 Å². The molecule has 0 radical (unpaired) electrons. The van der Waals surface area contributed by atoms with Crippen molar-refractivity contribution >= 4 is 23.8 Å². The topological polar surface area (TPSA) is 116 Å². The summed E-state index contributed by atoms with van der Waals surface area (Å²) >= 11 is 0. The number of hydrogen-bond acceptors (Lipinski definition) is 5. The number of carboxylic acid groups (broad SMARTS) is 2. The van der Waals surface area contributed by atoms with Crippen LogP contribution in [0.25, 0.3) is 0 Å². The minimum atomic E-state index is -1.26. The van der Waals surface area contributed by atoms with Gasteiger partial charge in [0.15, 0.2) is 0 Å². The number of nitrogens with zero attached hydrogens (tertiary/aromatic N) is 2. The van der Waals surface area contributed by atoms with Gasteiger partial charge >= 0.3 is 11.9 Å². The minimum Gasteiger partial charge on any atom is -0.478 e. The minimum absolute atomic E-state index is 0.0111. The Kier molecular flexibility index (Phi) is 8.39. The van der Waals surface area contributed by atoms with Gasteiger partial charge in [-0.3, -0.25) is 4.99 Å². The van der Waals surface area contributed by atoms with Crippen molar-refractivity contribution in [1.82, 2.24) is 0 Å². The first-order valence-electron chi connectivity index (χ1n) is 7.48. The summed E-state index contributed by atoms with van der Waals surface area (Å²) in [5.41, 5.74) is 8.41. The molecule has 0 saturated carbocycles. The zero-order valence-corrected chi connectivity index (χ0v) is 13.7. The molecule has 0 aromatic heterocycles. The van der Waals surface area contributed by atoms with E-state index in [0.29, 0.717) is 18.8 Å². The molecule has 0 bridgehead atoms. The van der Waals surface area contributed by atoms with Gasteiger partial charge in [0.25, 0.3) is 0 Å². The fraction of sp³-hybridized carbons (Fsp3) is 0.167. The predicted octanol–water partition coefficient (Wildman–Crippen LogP) is 2.34. The Labute approximate surface area is 146 Å². The molecule has 0 spiro atoms. The van der Waals surface area contributed by atoms with E-state index in [2.05, 4.69) is 28.6 Å². The van der Waals surface area contributed by atoms with E-state index in [-0.39, 0.29) is 6.04 Å². The lowest BCUT2D eigenvalue weighted by Crippen LogP contribution is -2.22. The Hall–Kier alpha value is -3.19. The van der Waals surface area contributed by atoms with Crippen molar-refractivity contribution in [2.24, 2.45) is 10.7 Å². The SMILES string of the molecule is C=CCC(N)c1ccccc1N1C=CC=NC1.O=C(O)/C=C/C(=O)O. The maximum atomic E-state index is 9.55. The number of para-hydroxylation sites is 1. The summed E-state index contributed by atoms with van der Waals surface area (Å²) in [6.07, 6.45) is 9.50. The largest absolute Gasteiger partial charge is 0.478 e. The number of hydrogen-bond donors (Lipinski definition) is 3. The highest BCUT2D eigenvalue weighted by Crippen LogP contribution is 2.27. The molecule has 2 rings (SSSR count). The maximum Gasteiger partial charge on any atom is 0.328 e. The average Bonchev–Trinajstić information content (AvgIpc) is 2.61. The van der Waals surface area contributed by atoms with Gasteiger partial charge in [-0.05, 0) is 24.1 Å². The molecule has 1 unspecified atom stereocenters. The molecular weight excluding hydrogens is 322 g/mol. The molecule has 132 valence electrons. The van der Waals surface area contributed by atoms with Crippen LogP contribution in [0.4, 0.5) is 5.69 Å². The second-order valence-electron chi connectivity index (χ2n) is 4.98. The van der Waals surface area contributed by atoms with Crippen LogP contribution in [-0.4, -0.2) is 35.0 Å². The third-order valence-corrected chi connectivity index (χ3v) is 3.13. The van der Waals surface area contributed by atoms with Crippen molar-refractivity contribution in [3.05, 3.63) is 66.9 Å². The summed E-state index contributed by atoms with van der Waals surface area (Å²) in [4.78, 5) is 25.4. The van der Waals surface area contributed by atoms with E-state index in [1.54, 1.807) is 0 Å². The summed E-state index contributed by atoms with van der Waals surface area (Å²) in [5, 5.41) is 15.6. The quantitative estimate of drug-likeness (QED) is 0.539. The summed E-state index contributed by atoms with van der Waals surface area (Å²) in [7, 11) is 0. The number of carbonyl (C=O) groups is 2. The van der Waals surface area contributed by atoms with Crippen molar-refractivity contribution < 1.29 is 19.8 Å². The number of benzene rings is 1. The van der Waals surface area contributed by atoms with Crippen molar-refractivity contribution in [2.45, 2.75) is 12.5 Å². The normalized spacial score (nSPS) is 13.9. The number of aliphatic imine (C=N–C) groups is 1. The van der Waals surface area contributed by atoms with Gasteiger partial charge in [0.05, 0.1) is 0 Å².